The van der Waals surface area contributed by atoms with Gasteiger partial charge in [0.2, 0.25) is 0 Å². The molecule has 1 N–H and O–H groups in total. The normalized spacial score (nSPS) is 14.8. The van der Waals surface area contributed by atoms with Crippen molar-refractivity contribution in [3.05, 3.63) is 47.5 Å². The van der Waals surface area contributed by atoms with Crippen molar-refractivity contribution in [1.29, 1.82) is 0 Å². The van der Waals surface area contributed by atoms with Crippen LogP contribution in [0.15, 0.2) is 30.5 Å². The second-order valence-corrected chi connectivity index (χ2v) is 5.57. The Morgan fingerprint density at radius 1 is 1.17 bits per heavy atom. The number of aromatic nitrogens is 2. The molecule has 24 heavy (non-hydrogen) atoms. The van der Waals surface area contributed by atoms with Crippen LogP contribution in [0.25, 0.3) is 0 Å². The quantitative estimate of drug-likeness (QED) is 0.914. The summed E-state index contributed by atoms with van der Waals surface area (Å²) in [4.78, 5) is 27.3. The second-order valence-electron chi connectivity index (χ2n) is 5.57. The number of hydrogen-bond donors (Lipinski definition) is 1. The molecule has 7 nitrogen and oxygen atoms in total. The highest BCUT2D eigenvalue weighted by molar-refractivity contribution is 6.03. The maximum absolute atomic E-state index is 13.8. The smallest absolute Gasteiger partial charge is 0.339 e. The van der Waals surface area contributed by atoms with Gasteiger partial charge in [-0.05, 0) is 12.1 Å². The molecule has 8 heteroatoms. The molecule has 0 atom stereocenters. The highest BCUT2D eigenvalue weighted by atomic mass is 19.1. The molecule has 0 bridgehead atoms. The van der Waals surface area contributed by atoms with E-state index >= 15 is 0 Å². The minimum Gasteiger partial charge on any atom is -0.478 e. The third kappa shape index (κ3) is 2.82. The number of para-hydroxylation sites is 1. The number of rotatable bonds is 3. The van der Waals surface area contributed by atoms with Gasteiger partial charge >= 0.3 is 5.97 Å². The zero-order valence-corrected chi connectivity index (χ0v) is 13.1. The van der Waals surface area contributed by atoms with Crippen LogP contribution < -0.4 is 4.90 Å². The lowest BCUT2D eigenvalue weighted by Gasteiger charge is -2.36. The van der Waals surface area contributed by atoms with Crippen molar-refractivity contribution in [2.45, 2.75) is 0 Å². The van der Waals surface area contributed by atoms with Gasteiger partial charge in [0.15, 0.2) is 0 Å². The maximum Gasteiger partial charge on any atom is 0.339 e. The number of aryl methyl sites for hydroxylation is 1. The van der Waals surface area contributed by atoms with Crippen LogP contribution >= 0.6 is 0 Å². The van der Waals surface area contributed by atoms with Crippen molar-refractivity contribution in [3.8, 4) is 0 Å². The summed E-state index contributed by atoms with van der Waals surface area (Å²) in [5, 5.41) is 13.0. The molecule has 126 valence electrons. The summed E-state index contributed by atoms with van der Waals surface area (Å²) in [5.74, 6) is -1.85. The number of piperazine rings is 1. The lowest BCUT2D eigenvalue weighted by molar-refractivity contribution is 0.0669. The van der Waals surface area contributed by atoms with Crippen LogP contribution in [0.2, 0.25) is 0 Å². The molecular weight excluding hydrogens is 315 g/mol. The molecule has 0 radical (unpaired) electrons. The van der Waals surface area contributed by atoms with Crippen LogP contribution in [-0.4, -0.2) is 57.8 Å². The highest BCUT2D eigenvalue weighted by Gasteiger charge is 2.29. The van der Waals surface area contributed by atoms with E-state index in [9.17, 15) is 19.1 Å². The number of hydrogen-bond acceptors (Lipinski definition) is 4. The average Bonchev–Trinajstić information content (AvgIpc) is 2.97. The van der Waals surface area contributed by atoms with Gasteiger partial charge in [-0.2, -0.15) is 5.10 Å². The van der Waals surface area contributed by atoms with E-state index in [2.05, 4.69) is 5.10 Å². The predicted octanol–water partition coefficient (Wildman–Crippen LogP) is 1.22. The van der Waals surface area contributed by atoms with E-state index < -0.39 is 5.97 Å². The van der Waals surface area contributed by atoms with Gasteiger partial charge in [-0.15, -0.1) is 0 Å². The first kappa shape index (κ1) is 16.0. The van der Waals surface area contributed by atoms with Gasteiger partial charge in [-0.1, -0.05) is 12.1 Å². The van der Waals surface area contributed by atoms with Crippen LogP contribution in [0, 0.1) is 5.82 Å². The fraction of sp³-hybridized carbons (Fsp3) is 0.312. The molecule has 0 unspecified atom stereocenters. The standard InChI is InChI=1S/C16H17FN4O3/c1-19-14(11(10-18-19)16(23)24)15(22)21-8-6-20(7-9-21)13-5-3-2-4-12(13)17/h2-5,10H,6-9H2,1H3,(H,23,24). The van der Waals surface area contributed by atoms with Crippen LogP contribution in [-0.2, 0) is 7.05 Å². The number of carboxylic acid groups (broad SMARTS) is 1. The average molecular weight is 332 g/mol. The molecule has 1 aromatic carbocycles. The van der Waals surface area contributed by atoms with Gasteiger partial charge in [0.1, 0.15) is 17.1 Å². The third-order valence-electron chi connectivity index (χ3n) is 4.13. The van der Waals surface area contributed by atoms with Crippen molar-refractivity contribution >= 4 is 17.6 Å². The third-order valence-corrected chi connectivity index (χ3v) is 4.13. The molecule has 1 aliphatic heterocycles. The molecule has 1 fully saturated rings. The largest absolute Gasteiger partial charge is 0.478 e. The van der Waals surface area contributed by atoms with Crippen molar-refractivity contribution in [2.75, 3.05) is 31.1 Å². The number of carbonyl (C=O) groups excluding carboxylic acids is 1. The van der Waals surface area contributed by atoms with Crippen molar-refractivity contribution in [1.82, 2.24) is 14.7 Å². The van der Waals surface area contributed by atoms with E-state index in [0.29, 0.717) is 31.9 Å². The van der Waals surface area contributed by atoms with E-state index in [1.54, 1.807) is 23.1 Å². The van der Waals surface area contributed by atoms with Crippen LogP contribution in [0.3, 0.4) is 0 Å². The lowest BCUT2D eigenvalue weighted by Crippen LogP contribution is -2.49. The number of carboxylic acids is 1. The molecule has 0 saturated carbocycles. The first-order chi connectivity index (χ1) is 11.5. The monoisotopic (exact) mass is 332 g/mol. The number of nitrogens with zero attached hydrogens (tertiary/aromatic N) is 4. The first-order valence-corrected chi connectivity index (χ1v) is 7.53. The molecular formula is C16H17FN4O3. The van der Waals surface area contributed by atoms with E-state index in [4.69, 9.17) is 0 Å². The Hall–Kier alpha value is -2.90. The highest BCUT2D eigenvalue weighted by Crippen LogP contribution is 2.21. The van der Waals surface area contributed by atoms with Gasteiger partial charge in [0.05, 0.1) is 11.9 Å². The molecule has 1 aromatic heterocycles. The van der Waals surface area contributed by atoms with Gasteiger partial charge in [-0.25, -0.2) is 9.18 Å². The zero-order valence-electron chi connectivity index (χ0n) is 13.1. The van der Waals surface area contributed by atoms with Crippen LogP contribution in [0.1, 0.15) is 20.8 Å². The minimum atomic E-state index is -1.18. The zero-order chi connectivity index (χ0) is 17.3. The Labute approximate surface area is 137 Å². The fourth-order valence-corrected chi connectivity index (χ4v) is 2.86. The summed E-state index contributed by atoms with van der Waals surface area (Å²) in [6, 6.07) is 6.51. The first-order valence-electron chi connectivity index (χ1n) is 7.53. The van der Waals surface area contributed by atoms with E-state index in [1.165, 1.54) is 24.0 Å². The van der Waals surface area contributed by atoms with Gasteiger partial charge < -0.3 is 14.9 Å². The second kappa shape index (κ2) is 6.31. The fourth-order valence-electron chi connectivity index (χ4n) is 2.86. The van der Waals surface area contributed by atoms with Crippen LogP contribution in [0.5, 0.6) is 0 Å². The Bertz CT molecular complexity index is 781. The molecule has 2 heterocycles. The van der Waals surface area contributed by atoms with Crippen molar-refractivity contribution in [3.63, 3.8) is 0 Å². The Balaban J connectivity index is 1.73. The Kier molecular flexibility index (Phi) is 4.20. The summed E-state index contributed by atoms with van der Waals surface area (Å²) in [7, 11) is 1.54. The molecule has 0 aliphatic carbocycles. The van der Waals surface area contributed by atoms with Crippen LogP contribution in [0.4, 0.5) is 10.1 Å². The Morgan fingerprint density at radius 2 is 1.83 bits per heavy atom. The number of amides is 1. The topological polar surface area (TPSA) is 78.7 Å². The number of carbonyl (C=O) groups is 2. The van der Waals surface area contributed by atoms with Crippen molar-refractivity contribution < 1.29 is 19.1 Å². The van der Waals surface area contributed by atoms with E-state index in [0.717, 1.165) is 0 Å². The molecule has 1 saturated heterocycles. The molecule has 1 aliphatic rings. The lowest BCUT2D eigenvalue weighted by atomic mass is 10.2. The summed E-state index contributed by atoms with van der Waals surface area (Å²) in [6.07, 6.45) is 1.17. The molecule has 0 spiro atoms. The van der Waals surface area contributed by atoms with Gasteiger partial charge in [-0.3, -0.25) is 9.48 Å². The number of benzene rings is 1. The SMILES string of the molecule is Cn1ncc(C(=O)O)c1C(=O)N1CCN(c2ccccc2F)CC1. The maximum atomic E-state index is 13.8. The molecule has 2 aromatic rings. The summed E-state index contributed by atoms with van der Waals surface area (Å²) in [6.45, 7) is 1.73. The van der Waals surface area contributed by atoms with Gasteiger partial charge in [0.25, 0.3) is 5.91 Å². The van der Waals surface area contributed by atoms with E-state index in [-0.39, 0.29) is 23.0 Å². The summed E-state index contributed by atoms with van der Waals surface area (Å²) >= 11 is 0. The summed E-state index contributed by atoms with van der Waals surface area (Å²) in [5.41, 5.74) is 0.456. The summed E-state index contributed by atoms with van der Waals surface area (Å²) < 4.78 is 15.1. The predicted molar refractivity (Wildman–Crippen MR) is 84.7 cm³/mol. The van der Waals surface area contributed by atoms with Gasteiger partial charge in [0, 0.05) is 33.2 Å². The molecule has 3 rings (SSSR count). The number of halogens is 1. The number of anilines is 1. The minimum absolute atomic E-state index is 0.0573. The number of aromatic carboxylic acids is 1. The Morgan fingerprint density at radius 3 is 2.46 bits per heavy atom. The van der Waals surface area contributed by atoms with Crippen molar-refractivity contribution in [2.24, 2.45) is 7.05 Å². The van der Waals surface area contributed by atoms with E-state index in [1.807, 2.05) is 4.90 Å². The molecule has 1 amide bonds.